The number of ether oxygens (including phenoxy) is 1. The third-order valence-corrected chi connectivity index (χ3v) is 6.90. The number of hydrogen-bond acceptors (Lipinski definition) is 4. The first-order chi connectivity index (χ1) is 15.8. The molecule has 0 atom stereocenters. The fraction of sp³-hybridized carbons (Fsp3) is 0.0833. The average molecular weight is 567 g/mol. The number of hydrogen-bond donors (Lipinski definition) is 0. The fourth-order valence-electron chi connectivity index (χ4n) is 3.10. The highest BCUT2D eigenvalue weighted by atomic mass is 79.9. The molecule has 3 aromatic carbocycles. The summed E-state index contributed by atoms with van der Waals surface area (Å²) in [5.41, 5.74) is 2.12. The van der Waals surface area contributed by atoms with Gasteiger partial charge in [-0.3, -0.25) is 14.5 Å². The number of benzene rings is 3. The van der Waals surface area contributed by atoms with Gasteiger partial charge in [0, 0.05) is 10.0 Å². The Morgan fingerprint density at radius 2 is 1.70 bits per heavy atom. The van der Waals surface area contributed by atoms with Crippen LogP contribution in [0.25, 0.3) is 6.08 Å². The van der Waals surface area contributed by atoms with E-state index in [9.17, 15) is 14.0 Å². The van der Waals surface area contributed by atoms with Gasteiger partial charge in [-0.25, -0.2) is 4.39 Å². The zero-order chi connectivity index (χ0) is 23.5. The predicted molar refractivity (Wildman–Crippen MR) is 133 cm³/mol. The molecule has 0 aliphatic carbocycles. The fourth-order valence-corrected chi connectivity index (χ4v) is 4.63. The van der Waals surface area contributed by atoms with Crippen molar-refractivity contribution in [2.24, 2.45) is 0 Å². The number of halogens is 4. The van der Waals surface area contributed by atoms with Crippen LogP contribution in [0.15, 0.2) is 70.0 Å². The Bertz CT molecular complexity index is 1270. The molecule has 0 aromatic heterocycles. The molecule has 0 radical (unpaired) electrons. The predicted octanol–water partition coefficient (Wildman–Crippen LogP) is 7.71. The van der Waals surface area contributed by atoms with Crippen molar-refractivity contribution in [1.29, 1.82) is 0 Å². The van der Waals surface area contributed by atoms with Gasteiger partial charge in [0.15, 0.2) is 0 Å². The Balaban J connectivity index is 1.54. The second kappa shape index (κ2) is 10.3. The summed E-state index contributed by atoms with van der Waals surface area (Å²) < 4.78 is 19.8. The first-order valence-corrected chi connectivity index (χ1v) is 12.0. The number of carbonyl (C=O) groups excluding carboxylic acids is 2. The van der Waals surface area contributed by atoms with Crippen LogP contribution in [0.2, 0.25) is 10.0 Å². The van der Waals surface area contributed by atoms with Crippen molar-refractivity contribution >= 4 is 68.1 Å². The van der Waals surface area contributed by atoms with Crippen molar-refractivity contribution in [1.82, 2.24) is 4.90 Å². The molecule has 1 aliphatic heterocycles. The van der Waals surface area contributed by atoms with Gasteiger partial charge in [-0.2, -0.15) is 0 Å². The van der Waals surface area contributed by atoms with Crippen molar-refractivity contribution in [3.05, 3.63) is 103 Å². The molecule has 0 unspecified atom stereocenters. The summed E-state index contributed by atoms with van der Waals surface area (Å²) in [7, 11) is 0. The van der Waals surface area contributed by atoms with Gasteiger partial charge in [0.1, 0.15) is 18.2 Å². The minimum atomic E-state index is -0.402. The average Bonchev–Trinajstić information content (AvgIpc) is 3.04. The smallest absolute Gasteiger partial charge is 0.293 e. The van der Waals surface area contributed by atoms with Crippen LogP contribution in [0, 0.1) is 5.82 Å². The third-order valence-electron chi connectivity index (χ3n) is 4.76. The van der Waals surface area contributed by atoms with E-state index in [1.807, 2.05) is 6.07 Å². The number of amides is 2. The zero-order valence-corrected chi connectivity index (χ0v) is 20.8. The van der Waals surface area contributed by atoms with Crippen LogP contribution in [-0.2, 0) is 17.9 Å². The van der Waals surface area contributed by atoms with Gasteiger partial charge in [-0.1, -0.05) is 57.3 Å². The standard InChI is InChI=1S/C24H15BrCl2FNO3S/c25-17-4-8-21(32-13-14-1-5-18(28)6-2-14)16(10-17)11-22-23(30)29(24(31)33-22)12-15-3-7-19(26)20(27)9-15/h1-11H,12-13H2/b22-11-. The molecule has 4 rings (SSSR count). The summed E-state index contributed by atoms with van der Waals surface area (Å²) in [6.07, 6.45) is 1.63. The lowest BCUT2D eigenvalue weighted by molar-refractivity contribution is -0.123. The maximum atomic E-state index is 13.1. The van der Waals surface area contributed by atoms with E-state index in [2.05, 4.69) is 15.9 Å². The molecule has 0 spiro atoms. The molecule has 1 heterocycles. The monoisotopic (exact) mass is 565 g/mol. The Labute approximate surface area is 212 Å². The third kappa shape index (κ3) is 5.79. The molecule has 1 saturated heterocycles. The van der Waals surface area contributed by atoms with Crippen molar-refractivity contribution in [2.45, 2.75) is 13.2 Å². The summed E-state index contributed by atoms with van der Waals surface area (Å²) in [6.45, 7) is 0.312. The highest BCUT2D eigenvalue weighted by Crippen LogP contribution is 2.36. The van der Waals surface area contributed by atoms with Crippen LogP contribution in [-0.4, -0.2) is 16.0 Å². The van der Waals surface area contributed by atoms with Crippen molar-refractivity contribution in [3.8, 4) is 5.75 Å². The highest BCUT2D eigenvalue weighted by molar-refractivity contribution is 9.10. The summed E-state index contributed by atoms with van der Waals surface area (Å²) in [5, 5.41) is 0.382. The van der Waals surface area contributed by atoms with Gasteiger partial charge in [0.2, 0.25) is 0 Å². The van der Waals surface area contributed by atoms with Crippen LogP contribution in [0.3, 0.4) is 0 Å². The number of thioether (sulfide) groups is 1. The molecule has 0 saturated carbocycles. The van der Waals surface area contributed by atoms with Crippen LogP contribution in [0.4, 0.5) is 9.18 Å². The molecule has 3 aromatic rings. The van der Waals surface area contributed by atoms with Crippen molar-refractivity contribution < 1.29 is 18.7 Å². The van der Waals surface area contributed by atoms with Gasteiger partial charge in [0.05, 0.1) is 21.5 Å². The molecular formula is C24H15BrCl2FNO3S. The Morgan fingerprint density at radius 1 is 0.970 bits per heavy atom. The van der Waals surface area contributed by atoms with Gasteiger partial charge >= 0.3 is 0 Å². The number of rotatable bonds is 6. The first-order valence-electron chi connectivity index (χ1n) is 9.66. The van der Waals surface area contributed by atoms with Gasteiger partial charge < -0.3 is 4.74 Å². The van der Waals surface area contributed by atoms with E-state index < -0.39 is 5.91 Å². The van der Waals surface area contributed by atoms with E-state index >= 15 is 0 Å². The minimum Gasteiger partial charge on any atom is -0.488 e. The Kier molecular flexibility index (Phi) is 7.44. The summed E-state index contributed by atoms with van der Waals surface area (Å²) >= 11 is 16.3. The van der Waals surface area contributed by atoms with E-state index in [-0.39, 0.29) is 29.1 Å². The SMILES string of the molecule is O=C1S/C(=C\c2cc(Br)ccc2OCc2ccc(F)cc2)C(=O)N1Cc1ccc(Cl)c(Cl)c1. The maximum absolute atomic E-state index is 13.1. The van der Waals surface area contributed by atoms with Crippen LogP contribution >= 0.6 is 50.9 Å². The number of imide groups is 1. The van der Waals surface area contributed by atoms with Crippen LogP contribution in [0.1, 0.15) is 16.7 Å². The molecule has 0 N–H and O–H groups in total. The lowest BCUT2D eigenvalue weighted by Crippen LogP contribution is -2.27. The molecule has 0 bridgehead atoms. The lowest BCUT2D eigenvalue weighted by atomic mass is 10.1. The molecule has 2 amide bonds. The van der Waals surface area contributed by atoms with E-state index in [1.165, 1.54) is 12.1 Å². The first kappa shape index (κ1) is 23.8. The minimum absolute atomic E-state index is 0.0886. The summed E-state index contributed by atoms with van der Waals surface area (Å²) in [5.74, 6) is -0.195. The summed E-state index contributed by atoms with van der Waals surface area (Å²) in [4.78, 5) is 26.9. The van der Waals surface area contributed by atoms with Crippen molar-refractivity contribution in [2.75, 3.05) is 0 Å². The van der Waals surface area contributed by atoms with Gasteiger partial charge in [-0.05, 0) is 71.4 Å². The van der Waals surface area contributed by atoms with E-state index in [0.717, 1.165) is 26.7 Å². The van der Waals surface area contributed by atoms with Crippen LogP contribution in [0.5, 0.6) is 5.75 Å². The van der Waals surface area contributed by atoms with E-state index in [0.29, 0.717) is 26.9 Å². The Morgan fingerprint density at radius 3 is 2.42 bits per heavy atom. The zero-order valence-electron chi connectivity index (χ0n) is 16.9. The lowest BCUT2D eigenvalue weighted by Gasteiger charge is -2.13. The largest absolute Gasteiger partial charge is 0.488 e. The molecule has 9 heteroatoms. The topological polar surface area (TPSA) is 46.6 Å². The second-order valence-electron chi connectivity index (χ2n) is 7.11. The normalized spacial score (nSPS) is 14.9. The van der Waals surface area contributed by atoms with Gasteiger partial charge in [0.25, 0.3) is 11.1 Å². The molecule has 168 valence electrons. The molecule has 4 nitrogen and oxygen atoms in total. The highest BCUT2D eigenvalue weighted by Gasteiger charge is 2.35. The van der Waals surface area contributed by atoms with Crippen molar-refractivity contribution in [3.63, 3.8) is 0 Å². The number of nitrogens with zero attached hydrogens (tertiary/aromatic N) is 1. The van der Waals surface area contributed by atoms with E-state index in [4.69, 9.17) is 27.9 Å². The van der Waals surface area contributed by atoms with Gasteiger partial charge in [-0.15, -0.1) is 0 Å². The van der Waals surface area contributed by atoms with E-state index in [1.54, 1.807) is 48.5 Å². The molecular weight excluding hydrogens is 552 g/mol. The maximum Gasteiger partial charge on any atom is 0.293 e. The van der Waals surface area contributed by atoms with Crippen LogP contribution < -0.4 is 4.74 Å². The molecule has 1 aliphatic rings. The summed E-state index contributed by atoms with van der Waals surface area (Å²) in [6, 6.07) is 16.4. The molecule has 33 heavy (non-hydrogen) atoms. The molecule has 1 fully saturated rings. The Hall–Kier alpha value is -2.32. The quantitative estimate of drug-likeness (QED) is 0.287. The second-order valence-corrected chi connectivity index (χ2v) is 9.84. The number of carbonyl (C=O) groups is 2.